The summed E-state index contributed by atoms with van der Waals surface area (Å²) < 4.78 is 5.51. The third-order valence-electron chi connectivity index (χ3n) is 5.28. The fourth-order valence-corrected chi connectivity index (χ4v) is 5.30. The van der Waals surface area contributed by atoms with Crippen molar-refractivity contribution in [2.45, 2.75) is 48.9 Å². The van der Waals surface area contributed by atoms with Crippen LogP contribution in [0.2, 0.25) is 5.02 Å². The largest absolute Gasteiger partial charge is 0.496 e. The molecule has 0 radical (unpaired) electrons. The summed E-state index contributed by atoms with van der Waals surface area (Å²) in [5.74, 6) is 0.581. The van der Waals surface area contributed by atoms with E-state index in [0.29, 0.717) is 23.6 Å². The fraction of sp³-hybridized carbons (Fsp3) is 0.455. The van der Waals surface area contributed by atoms with Gasteiger partial charge >= 0.3 is 0 Å². The zero-order valence-electron chi connectivity index (χ0n) is 16.1. The molecule has 4 nitrogen and oxygen atoms in total. The monoisotopic (exact) mass is 422 g/mol. The highest BCUT2D eigenvalue weighted by molar-refractivity contribution is 8.00. The summed E-state index contributed by atoms with van der Waals surface area (Å²) in [4.78, 5) is 0. The van der Waals surface area contributed by atoms with E-state index in [1.54, 1.807) is 13.2 Å². The van der Waals surface area contributed by atoms with Crippen LogP contribution in [0.5, 0.6) is 5.75 Å². The molecule has 1 saturated heterocycles. The molecule has 152 valence electrons. The molecule has 1 fully saturated rings. The highest BCUT2D eigenvalue weighted by atomic mass is 35.5. The number of hydrogen-bond acceptors (Lipinski definition) is 5. The van der Waals surface area contributed by atoms with Crippen molar-refractivity contribution in [3.63, 3.8) is 0 Å². The van der Waals surface area contributed by atoms with E-state index in [-0.39, 0.29) is 11.9 Å². The van der Waals surface area contributed by atoms with Gasteiger partial charge in [-0.15, -0.1) is 11.8 Å². The zero-order valence-corrected chi connectivity index (χ0v) is 17.7. The van der Waals surface area contributed by atoms with Gasteiger partial charge in [0.15, 0.2) is 0 Å². The normalized spacial score (nSPS) is 24.9. The second-order valence-electron chi connectivity index (χ2n) is 7.19. The predicted molar refractivity (Wildman–Crippen MR) is 114 cm³/mol. The first-order valence-corrected chi connectivity index (χ1v) is 10.9. The summed E-state index contributed by atoms with van der Waals surface area (Å²) in [6.45, 7) is 2.08. The molecule has 2 aromatic rings. The lowest BCUT2D eigenvalue weighted by Gasteiger charge is -2.36. The van der Waals surface area contributed by atoms with Crippen molar-refractivity contribution in [1.29, 1.82) is 0 Å². The van der Waals surface area contributed by atoms with Crippen molar-refractivity contribution in [2.75, 3.05) is 13.7 Å². The Balaban J connectivity index is 1.94. The van der Waals surface area contributed by atoms with Crippen LogP contribution >= 0.6 is 23.4 Å². The molecular formula is C22H27ClO4S. The number of aliphatic hydroxyl groups is 3. The Labute approximate surface area is 175 Å². The number of aliphatic hydroxyl groups excluding tert-OH is 3. The van der Waals surface area contributed by atoms with E-state index < -0.39 is 17.5 Å². The third kappa shape index (κ3) is 4.66. The average Bonchev–Trinajstić information content (AvgIpc) is 2.71. The van der Waals surface area contributed by atoms with E-state index in [1.165, 1.54) is 17.3 Å². The highest BCUT2D eigenvalue weighted by Crippen LogP contribution is 2.47. The maximum absolute atomic E-state index is 10.6. The van der Waals surface area contributed by atoms with E-state index >= 15 is 0 Å². The second-order valence-corrected chi connectivity index (χ2v) is 9.04. The van der Waals surface area contributed by atoms with Crippen LogP contribution in [-0.4, -0.2) is 46.5 Å². The summed E-state index contributed by atoms with van der Waals surface area (Å²) in [6.07, 6.45) is 0.220. The minimum absolute atomic E-state index is 0.0442. The summed E-state index contributed by atoms with van der Waals surface area (Å²) in [7, 11) is 1.57. The van der Waals surface area contributed by atoms with Crippen LogP contribution in [0.15, 0.2) is 36.4 Å². The molecule has 0 aromatic heterocycles. The van der Waals surface area contributed by atoms with E-state index in [9.17, 15) is 15.3 Å². The molecule has 4 atom stereocenters. The van der Waals surface area contributed by atoms with Crippen LogP contribution in [-0.2, 0) is 12.8 Å². The van der Waals surface area contributed by atoms with Crippen molar-refractivity contribution in [3.8, 4) is 5.75 Å². The van der Waals surface area contributed by atoms with Gasteiger partial charge in [0.1, 0.15) is 5.75 Å². The quantitative estimate of drug-likeness (QED) is 0.661. The number of thioether (sulfide) groups is 1. The Bertz CT molecular complexity index is 796. The Morgan fingerprint density at radius 1 is 1.14 bits per heavy atom. The molecule has 1 aliphatic heterocycles. The van der Waals surface area contributed by atoms with Gasteiger partial charge < -0.3 is 20.1 Å². The Kier molecular flexibility index (Phi) is 7.29. The summed E-state index contributed by atoms with van der Waals surface area (Å²) in [5.41, 5.74) is 4.17. The summed E-state index contributed by atoms with van der Waals surface area (Å²) >= 11 is 7.98. The lowest BCUT2D eigenvalue weighted by atomic mass is 9.95. The third-order valence-corrected chi connectivity index (χ3v) is 7.19. The molecule has 2 aromatic carbocycles. The van der Waals surface area contributed by atoms with Gasteiger partial charge in [0.05, 0.1) is 31.2 Å². The van der Waals surface area contributed by atoms with Crippen LogP contribution in [0, 0.1) is 0 Å². The van der Waals surface area contributed by atoms with Crippen molar-refractivity contribution in [1.82, 2.24) is 0 Å². The van der Waals surface area contributed by atoms with Gasteiger partial charge in [-0.3, -0.25) is 0 Å². The fourth-order valence-electron chi connectivity index (χ4n) is 3.60. The Morgan fingerprint density at radius 2 is 1.82 bits per heavy atom. The van der Waals surface area contributed by atoms with Gasteiger partial charge in [-0.25, -0.2) is 0 Å². The molecule has 3 N–H and O–H groups in total. The predicted octanol–water partition coefficient (Wildman–Crippen LogP) is 3.76. The van der Waals surface area contributed by atoms with Crippen molar-refractivity contribution >= 4 is 23.4 Å². The van der Waals surface area contributed by atoms with E-state index in [1.807, 2.05) is 6.07 Å². The first-order valence-electron chi connectivity index (χ1n) is 9.53. The Morgan fingerprint density at radius 3 is 2.43 bits per heavy atom. The number of aryl methyl sites for hydroxylation is 1. The number of ether oxygens (including phenoxy) is 1. The molecular weight excluding hydrogens is 396 g/mol. The van der Waals surface area contributed by atoms with Crippen LogP contribution in [0.1, 0.15) is 40.8 Å². The zero-order chi connectivity index (χ0) is 20.3. The molecule has 3 rings (SSSR count). The standard InChI is InChI=1S/C22H27ClO4S/c1-3-13-4-6-14(7-5-13)8-15-9-17(20(27-2)11-18(15)23)22-21(26)19(25)10-16(12-24)28-22/h4-7,9,11,16,19,21-22,24-26H,3,8,10,12H2,1-2H3. The molecule has 4 unspecified atom stereocenters. The maximum atomic E-state index is 10.6. The first-order chi connectivity index (χ1) is 13.5. The smallest absolute Gasteiger partial charge is 0.124 e. The van der Waals surface area contributed by atoms with Crippen LogP contribution in [0.4, 0.5) is 0 Å². The molecule has 28 heavy (non-hydrogen) atoms. The first kappa shape index (κ1) is 21.5. The van der Waals surface area contributed by atoms with Gasteiger partial charge in [-0.05, 0) is 48.1 Å². The summed E-state index contributed by atoms with van der Waals surface area (Å²) in [5, 5.41) is 30.5. The number of halogens is 1. The molecule has 0 saturated carbocycles. The van der Waals surface area contributed by atoms with Gasteiger partial charge in [0.2, 0.25) is 0 Å². The molecule has 0 bridgehead atoms. The van der Waals surface area contributed by atoms with Gasteiger partial charge in [0.25, 0.3) is 0 Å². The lowest BCUT2D eigenvalue weighted by molar-refractivity contribution is 0.00497. The van der Waals surface area contributed by atoms with Crippen molar-refractivity contribution in [2.24, 2.45) is 0 Å². The molecule has 0 spiro atoms. The van der Waals surface area contributed by atoms with Crippen LogP contribution < -0.4 is 4.74 Å². The van der Waals surface area contributed by atoms with E-state index in [0.717, 1.165) is 23.1 Å². The summed E-state index contributed by atoms with van der Waals surface area (Å²) in [6, 6.07) is 12.2. The number of benzene rings is 2. The van der Waals surface area contributed by atoms with Gasteiger partial charge in [-0.1, -0.05) is 42.8 Å². The van der Waals surface area contributed by atoms with E-state index in [2.05, 4.69) is 31.2 Å². The Hall–Kier alpha value is -1.24. The SMILES string of the molecule is CCc1ccc(Cc2cc(C3SC(CO)CC(O)C3O)c(OC)cc2Cl)cc1. The number of rotatable bonds is 6. The van der Waals surface area contributed by atoms with E-state index in [4.69, 9.17) is 16.3 Å². The van der Waals surface area contributed by atoms with Crippen molar-refractivity contribution in [3.05, 3.63) is 63.7 Å². The highest BCUT2D eigenvalue weighted by Gasteiger charge is 2.38. The molecule has 6 heteroatoms. The lowest BCUT2D eigenvalue weighted by Crippen LogP contribution is -2.39. The van der Waals surface area contributed by atoms with Crippen LogP contribution in [0.25, 0.3) is 0 Å². The second kappa shape index (κ2) is 9.51. The van der Waals surface area contributed by atoms with Crippen molar-refractivity contribution < 1.29 is 20.1 Å². The maximum Gasteiger partial charge on any atom is 0.124 e. The molecule has 0 aliphatic carbocycles. The van der Waals surface area contributed by atoms with Gasteiger partial charge in [-0.2, -0.15) is 0 Å². The van der Waals surface area contributed by atoms with Crippen LogP contribution in [0.3, 0.4) is 0 Å². The minimum atomic E-state index is -0.931. The molecule has 1 aliphatic rings. The minimum Gasteiger partial charge on any atom is -0.496 e. The topological polar surface area (TPSA) is 69.9 Å². The average molecular weight is 423 g/mol. The number of methoxy groups -OCH3 is 1. The van der Waals surface area contributed by atoms with Gasteiger partial charge in [0, 0.05) is 15.8 Å². The number of hydrogen-bond donors (Lipinski definition) is 3. The molecule has 0 amide bonds. The molecule has 1 heterocycles.